The van der Waals surface area contributed by atoms with Crippen LogP contribution in [0.15, 0.2) is 36.4 Å². The molecule has 0 spiro atoms. The van der Waals surface area contributed by atoms with Crippen molar-refractivity contribution in [3.63, 3.8) is 0 Å². The number of ether oxygens (including phenoxy) is 1. The van der Waals surface area contributed by atoms with Gasteiger partial charge in [-0.05, 0) is 114 Å². The molecule has 0 atom stereocenters. The summed E-state index contributed by atoms with van der Waals surface area (Å²) < 4.78 is 6.49. The highest BCUT2D eigenvalue weighted by atomic mass is 16.5. The number of hydrogen-bond acceptors (Lipinski definition) is 1. The van der Waals surface area contributed by atoms with Gasteiger partial charge in [-0.25, -0.2) is 0 Å². The van der Waals surface area contributed by atoms with E-state index in [1.165, 1.54) is 106 Å². The molecule has 228 valence electrons. The van der Waals surface area contributed by atoms with E-state index in [4.69, 9.17) is 4.74 Å². The van der Waals surface area contributed by atoms with E-state index in [1.807, 2.05) is 0 Å². The summed E-state index contributed by atoms with van der Waals surface area (Å²) >= 11 is 0. The molecule has 0 heterocycles. The maximum absolute atomic E-state index is 6.49. The standard InChI is InChI=1S/C40H62O/c1-7-33-29-39(41-27-26-40(9-3,10-4)11-5)34(8-2)28-38(33)37-24-22-36(23-25-37)35-20-18-32(19-21-35)17-16-31-14-12-30(6)13-15-31/h22-25,28-32,35H,7-21,26-27H2,1-6H3. The first-order chi connectivity index (χ1) is 19.9. The van der Waals surface area contributed by atoms with Crippen molar-refractivity contribution in [1.29, 1.82) is 0 Å². The fourth-order valence-electron chi connectivity index (χ4n) is 8.10. The van der Waals surface area contributed by atoms with Gasteiger partial charge in [0.25, 0.3) is 0 Å². The summed E-state index contributed by atoms with van der Waals surface area (Å²) in [5, 5.41) is 0. The summed E-state index contributed by atoms with van der Waals surface area (Å²) in [6.45, 7) is 14.8. The molecule has 41 heavy (non-hydrogen) atoms. The first kappa shape index (κ1) is 32.2. The van der Waals surface area contributed by atoms with Crippen LogP contribution in [0.4, 0.5) is 0 Å². The van der Waals surface area contributed by atoms with Crippen LogP contribution in [0.25, 0.3) is 11.1 Å². The average Bonchev–Trinajstić information content (AvgIpc) is 3.03. The molecular formula is C40H62O. The molecule has 1 nitrogen and oxygen atoms in total. The molecule has 2 aliphatic rings. The van der Waals surface area contributed by atoms with Crippen molar-refractivity contribution in [3.8, 4) is 16.9 Å². The van der Waals surface area contributed by atoms with Crippen LogP contribution in [0.5, 0.6) is 5.75 Å². The van der Waals surface area contributed by atoms with Gasteiger partial charge in [-0.15, -0.1) is 0 Å². The zero-order valence-electron chi connectivity index (χ0n) is 27.7. The van der Waals surface area contributed by atoms with Gasteiger partial charge in [-0.1, -0.05) is 124 Å². The molecule has 0 amide bonds. The highest BCUT2D eigenvalue weighted by Crippen LogP contribution is 2.41. The lowest BCUT2D eigenvalue weighted by molar-refractivity contribution is 0.173. The van der Waals surface area contributed by atoms with Gasteiger partial charge in [0, 0.05) is 0 Å². The summed E-state index contributed by atoms with van der Waals surface area (Å²) in [5.41, 5.74) is 7.50. The van der Waals surface area contributed by atoms with E-state index in [-0.39, 0.29) is 0 Å². The Balaban J connectivity index is 1.35. The van der Waals surface area contributed by atoms with Crippen molar-refractivity contribution in [1.82, 2.24) is 0 Å². The Kier molecular flexibility index (Phi) is 12.3. The first-order valence-corrected chi connectivity index (χ1v) is 17.8. The van der Waals surface area contributed by atoms with Crippen molar-refractivity contribution >= 4 is 0 Å². The predicted molar refractivity (Wildman–Crippen MR) is 179 cm³/mol. The molecule has 2 aliphatic carbocycles. The van der Waals surface area contributed by atoms with Crippen molar-refractivity contribution < 1.29 is 4.74 Å². The van der Waals surface area contributed by atoms with Gasteiger partial charge >= 0.3 is 0 Å². The van der Waals surface area contributed by atoms with E-state index in [0.29, 0.717) is 5.41 Å². The monoisotopic (exact) mass is 558 g/mol. The second-order valence-electron chi connectivity index (χ2n) is 14.0. The minimum Gasteiger partial charge on any atom is -0.493 e. The van der Waals surface area contributed by atoms with Crippen molar-refractivity contribution in [3.05, 3.63) is 53.1 Å². The van der Waals surface area contributed by atoms with E-state index < -0.39 is 0 Å². The Morgan fingerprint density at radius 3 is 1.78 bits per heavy atom. The van der Waals surface area contributed by atoms with Crippen LogP contribution in [-0.2, 0) is 12.8 Å². The minimum atomic E-state index is 0.425. The SMILES string of the molecule is CCc1cc(-c2ccc(C3CCC(CCC4CCC(C)CC4)CC3)cc2)c(CC)cc1OCCC(CC)(CC)CC. The Morgan fingerprint density at radius 2 is 1.24 bits per heavy atom. The highest BCUT2D eigenvalue weighted by molar-refractivity contribution is 5.70. The zero-order chi connectivity index (χ0) is 29.2. The van der Waals surface area contributed by atoms with Crippen LogP contribution >= 0.6 is 0 Å². The second-order valence-corrected chi connectivity index (χ2v) is 14.0. The fourth-order valence-corrected chi connectivity index (χ4v) is 8.10. The smallest absolute Gasteiger partial charge is 0.122 e. The lowest BCUT2D eigenvalue weighted by Gasteiger charge is -2.31. The normalized spacial score (nSPS) is 23.5. The van der Waals surface area contributed by atoms with Gasteiger partial charge in [-0.2, -0.15) is 0 Å². The Labute approximate surface area is 254 Å². The molecule has 1 heteroatoms. The third-order valence-electron chi connectivity index (χ3n) is 11.8. The molecule has 0 aliphatic heterocycles. The van der Waals surface area contributed by atoms with Gasteiger partial charge in [0.05, 0.1) is 6.61 Å². The zero-order valence-corrected chi connectivity index (χ0v) is 27.7. The summed E-state index contributed by atoms with van der Waals surface area (Å²) in [7, 11) is 0. The van der Waals surface area contributed by atoms with Gasteiger partial charge in [-0.3, -0.25) is 0 Å². The Morgan fingerprint density at radius 1 is 0.683 bits per heavy atom. The molecular weight excluding hydrogens is 496 g/mol. The Hall–Kier alpha value is -1.76. The Bertz CT molecular complexity index is 1020. The van der Waals surface area contributed by atoms with Crippen LogP contribution in [0.3, 0.4) is 0 Å². The van der Waals surface area contributed by atoms with Crippen molar-refractivity contribution in [2.75, 3.05) is 6.61 Å². The van der Waals surface area contributed by atoms with Gasteiger partial charge in [0.1, 0.15) is 5.75 Å². The van der Waals surface area contributed by atoms with Gasteiger partial charge in [0.2, 0.25) is 0 Å². The first-order valence-electron chi connectivity index (χ1n) is 17.8. The molecule has 2 aromatic carbocycles. The summed E-state index contributed by atoms with van der Waals surface area (Å²) in [5.74, 6) is 4.85. The number of aryl methyl sites for hydroxylation is 2. The minimum absolute atomic E-state index is 0.425. The maximum atomic E-state index is 6.49. The molecule has 2 aromatic rings. The van der Waals surface area contributed by atoms with Gasteiger partial charge < -0.3 is 4.74 Å². The number of benzene rings is 2. The van der Waals surface area contributed by atoms with Crippen molar-refractivity contribution in [2.24, 2.45) is 23.2 Å². The molecule has 4 rings (SSSR count). The highest BCUT2D eigenvalue weighted by Gasteiger charge is 2.26. The molecule has 0 unspecified atom stereocenters. The van der Waals surface area contributed by atoms with E-state index in [1.54, 1.807) is 5.56 Å². The summed E-state index contributed by atoms with van der Waals surface area (Å²) in [6.07, 6.45) is 21.5. The van der Waals surface area contributed by atoms with Crippen LogP contribution in [-0.4, -0.2) is 6.61 Å². The number of hydrogen-bond donors (Lipinski definition) is 0. The summed E-state index contributed by atoms with van der Waals surface area (Å²) in [6, 6.07) is 14.5. The van der Waals surface area contributed by atoms with E-state index in [9.17, 15) is 0 Å². The fraction of sp³-hybridized carbons (Fsp3) is 0.700. The lowest BCUT2D eigenvalue weighted by atomic mass is 9.74. The quantitative estimate of drug-likeness (QED) is 0.224. The van der Waals surface area contributed by atoms with E-state index in [0.717, 1.165) is 55.3 Å². The topological polar surface area (TPSA) is 9.23 Å². The average molecular weight is 559 g/mol. The molecule has 0 aromatic heterocycles. The maximum Gasteiger partial charge on any atom is 0.122 e. The lowest BCUT2D eigenvalue weighted by Crippen LogP contribution is -2.21. The molecule has 2 saturated carbocycles. The summed E-state index contributed by atoms with van der Waals surface area (Å²) in [4.78, 5) is 0. The largest absolute Gasteiger partial charge is 0.493 e. The molecule has 0 radical (unpaired) electrons. The van der Waals surface area contributed by atoms with E-state index in [2.05, 4.69) is 77.9 Å². The van der Waals surface area contributed by atoms with Gasteiger partial charge in [0.15, 0.2) is 0 Å². The predicted octanol–water partition coefficient (Wildman–Crippen LogP) is 12.3. The molecule has 0 N–H and O–H groups in total. The van der Waals surface area contributed by atoms with Crippen LogP contribution < -0.4 is 4.74 Å². The van der Waals surface area contributed by atoms with Crippen LogP contribution in [0, 0.1) is 23.2 Å². The van der Waals surface area contributed by atoms with E-state index >= 15 is 0 Å². The van der Waals surface area contributed by atoms with Crippen LogP contribution in [0.1, 0.15) is 154 Å². The third kappa shape index (κ3) is 8.42. The van der Waals surface area contributed by atoms with Crippen molar-refractivity contribution in [2.45, 2.75) is 150 Å². The second kappa shape index (κ2) is 15.6. The molecule has 2 fully saturated rings. The molecule has 0 saturated heterocycles. The van der Waals surface area contributed by atoms with Crippen LogP contribution in [0.2, 0.25) is 0 Å². The number of rotatable bonds is 14. The molecule has 0 bridgehead atoms. The third-order valence-corrected chi connectivity index (χ3v) is 11.8.